The minimum absolute atomic E-state index is 0.231. The van der Waals surface area contributed by atoms with E-state index in [1.807, 2.05) is 12.3 Å². The highest BCUT2D eigenvalue weighted by Gasteiger charge is 2.07. The van der Waals surface area contributed by atoms with E-state index in [4.69, 9.17) is 5.11 Å². The minimum atomic E-state index is 0.231. The zero-order chi connectivity index (χ0) is 14.1. The zero-order valence-electron chi connectivity index (χ0n) is 11.9. The number of hydrogen-bond donors (Lipinski definition) is 3. The van der Waals surface area contributed by atoms with Crippen molar-refractivity contribution >= 4 is 23.4 Å². The van der Waals surface area contributed by atoms with Gasteiger partial charge in [-0.15, -0.1) is 0 Å². The Morgan fingerprint density at radius 3 is 2.74 bits per heavy atom. The molecule has 0 saturated carbocycles. The maximum absolute atomic E-state index is 8.84. The molecule has 0 amide bonds. The molecule has 1 rings (SSSR count). The Morgan fingerprint density at radius 2 is 2.11 bits per heavy atom. The van der Waals surface area contributed by atoms with E-state index in [0.717, 1.165) is 42.6 Å². The molecule has 0 saturated heterocycles. The van der Waals surface area contributed by atoms with Gasteiger partial charge in [0, 0.05) is 25.3 Å². The summed E-state index contributed by atoms with van der Waals surface area (Å²) in [5.41, 5.74) is 0. The second kappa shape index (κ2) is 8.98. The molecule has 5 nitrogen and oxygen atoms in total. The van der Waals surface area contributed by atoms with Crippen molar-refractivity contribution in [3.63, 3.8) is 0 Å². The quantitative estimate of drug-likeness (QED) is 0.478. The van der Waals surface area contributed by atoms with Gasteiger partial charge in [-0.25, -0.2) is 9.97 Å². The average Bonchev–Trinajstić information content (AvgIpc) is 2.42. The van der Waals surface area contributed by atoms with Gasteiger partial charge in [-0.2, -0.15) is 0 Å². The van der Waals surface area contributed by atoms with Crippen molar-refractivity contribution < 1.29 is 5.11 Å². The maximum atomic E-state index is 8.84. The van der Waals surface area contributed by atoms with Crippen molar-refractivity contribution in [3.8, 4) is 0 Å². The molecule has 0 radical (unpaired) electrons. The van der Waals surface area contributed by atoms with Crippen molar-refractivity contribution in [2.24, 2.45) is 0 Å². The van der Waals surface area contributed by atoms with Crippen LogP contribution in [0, 0.1) is 0 Å². The molecular weight excluding hydrogens is 260 g/mol. The van der Waals surface area contributed by atoms with Crippen LogP contribution in [0.2, 0.25) is 0 Å². The Bertz CT molecular complexity index is 376. The van der Waals surface area contributed by atoms with Gasteiger partial charge in [0.05, 0.1) is 0 Å². The molecule has 108 valence electrons. The van der Waals surface area contributed by atoms with Crippen LogP contribution in [0.3, 0.4) is 0 Å². The summed E-state index contributed by atoms with van der Waals surface area (Å²) in [5.74, 6) is 1.70. The van der Waals surface area contributed by atoms with Gasteiger partial charge in [0.25, 0.3) is 0 Å². The summed E-state index contributed by atoms with van der Waals surface area (Å²) in [6.07, 6.45) is 4.76. The number of rotatable bonds is 9. The fourth-order valence-corrected chi connectivity index (χ4v) is 2.04. The number of aliphatic hydroxyl groups excluding tert-OH is 1. The molecule has 0 bridgehead atoms. The highest BCUT2D eigenvalue weighted by Crippen LogP contribution is 2.18. The molecule has 0 aromatic carbocycles. The summed E-state index contributed by atoms with van der Waals surface area (Å²) in [7, 11) is 0. The lowest BCUT2D eigenvalue weighted by Crippen LogP contribution is -2.17. The molecule has 1 atom stereocenters. The Labute approximate surface area is 119 Å². The van der Waals surface area contributed by atoms with Crippen molar-refractivity contribution in [3.05, 3.63) is 6.07 Å². The van der Waals surface area contributed by atoms with Gasteiger partial charge in [0.1, 0.15) is 11.6 Å². The number of hydrogen-bond acceptors (Lipinski definition) is 6. The Hall–Kier alpha value is -1.01. The first-order valence-electron chi connectivity index (χ1n) is 6.74. The fourth-order valence-electron chi connectivity index (χ4n) is 1.66. The Morgan fingerprint density at radius 1 is 1.37 bits per heavy atom. The molecule has 1 aromatic rings. The highest BCUT2D eigenvalue weighted by atomic mass is 32.2. The van der Waals surface area contributed by atoms with Gasteiger partial charge in [-0.3, -0.25) is 0 Å². The molecule has 3 N–H and O–H groups in total. The molecule has 0 aliphatic rings. The maximum Gasteiger partial charge on any atom is 0.191 e. The van der Waals surface area contributed by atoms with Gasteiger partial charge >= 0.3 is 0 Å². The summed E-state index contributed by atoms with van der Waals surface area (Å²) in [6, 6.07) is 2.22. The number of aromatic nitrogens is 2. The second-order valence-corrected chi connectivity index (χ2v) is 5.24. The summed E-state index contributed by atoms with van der Waals surface area (Å²) in [5, 5.41) is 16.2. The highest BCUT2D eigenvalue weighted by molar-refractivity contribution is 7.98. The van der Waals surface area contributed by atoms with Crippen LogP contribution in [-0.4, -0.2) is 40.5 Å². The van der Waals surface area contributed by atoms with Crippen LogP contribution in [0.1, 0.15) is 33.1 Å². The van der Waals surface area contributed by atoms with Gasteiger partial charge < -0.3 is 15.7 Å². The SMILES string of the molecule is CCCNc1cc(NC(C)CCCO)nc(SC)n1. The standard InChI is InChI=1S/C13H24N4OS/c1-4-7-14-11-9-12(17-13(16-11)19-3)15-10(2)6-5-8-18/h9-10,18H,4-8H2,1-3H3,(H2,14,15,16,17). The van der Waals surface area contributed by atoms with Crippen LogP contribution >= 0.6 is 11.8 Å². The molecule has 19 heavy (non-hydrogen) atoms. The molecule has 0 aliphatic carbocycles. The van der Waals surface area contributed by atoms with Gasteiger partial charge in [-0.05, 0) is 32.4 Å². The molecule has 1 heterocycles. The number of aliphatic hydroxyl groups is 1. The molecule has 0 aliphatic heterocycles. The predicted octanol–water partition coefficient (Wildman–Crippen LogP) is 2.59. The molecule has 6 heteroatoms. The van der Waals surface area contributed by atoms with Gasteiger partial charge in [0.2, 0.25) is 0 Å². The molecule has 1 aromatic heterocycles. The first kappa shape index (κ1) is 16.0. The van der Waals surface area contributed by atoms with E-state index in [0.29, 0.717) is 0 Å². The van der Waals surface area contributed by atoms with Crippen LogP contribution in [0.4, 0.5) is 11.6 Å². The third kappa shape index (κ3) is 6.11. The first-order valence-corrected chi connectivity index (χ1v) is 7.96. The molecular formula is C13H24N4OS. The van der Waals surface area contributed by atoms with Crippen LogP contribution < -0.4 is 10.6 Å². The Kier molecular flexibility index (Phi) is 7.59. The zero-order valence-corrected chi connectivity index (χ0v) is 12.8. The monoisotopic (exact) mass is 284 g/mol. The van der Waals surface area contributed by atoms with Crippen molar-refractivity contribution in [2.45, 2.75) is 44.3 Å². The smallest absolute Gasteiger partial charge is 0.191 e. The number of nitrogens with zero attached hydrogens (tertiary/aromatic N) is 2. The number of anilines is 2. The minimum Gasteiger partial charge on any atom is -0.396 e. The summed E-state index contributed by atoms with van der Waals surface area (Å²) >= 11 is 1.53. The lowest BCUT2D eigenvalue weighted by Gasteiger charge is -2.15. The molecule has 0 spiro atoms. The normalized spacial score (nSPS) is 12.2. The summed E-state index contributed by atoms with van der Waals surface area (Å²) in [6.45, 7) is 5.36. The third-order valence-corrected chi connectivity index (χ3v) is 3.18. The van der Waals surface area contributed by atoms with E-state index >= 15 is 0 Å². The van der Waals surface area contributed by atoms with Gasteiger partial charge in [-0.1, -0.05) is 18.7 Å². The topological polar surface area (TPSA) is 70.1 Å². The van der Waals surface area contributed by atoms with E-state index in [1.165, 1.54) is 11.8 Å². The average molecular weight is 284 g/mol. The van der Waals surface area contributed by atoms with Crippen LogP contribution in [0.25, 0.3) is 0 Å². The fraction of sp³-hybridized carbons (Fsp3) is 0.692. The first-order chi connectivity index (χ1) is 9.19. The van der Waals surface area contributed by atoms with E-state index in [9.17, 15) is 0 Å². The van der Waals surface area contributed by atoms with E-state index in [1.54, 1.807) is 0 Å². The van der Waals surface area contributed by atoms with Crippen LogP contribution in [0.15, 0.2) is 11.2 Å². The van der Waals surface area contributed by atoms with Crippen molar-refractivity contribution in [1.82, 2.24) is 9.97 Å². The van der Waals surface area contributed by atoms with Crippen LogP contribution in [-0.2, 0) is 0 Å². The van der Waals surface area contributed by atoms with Gasteiger partial charge in [0.15, 0.2) is 5.16 Å². The lowest BCUT2D eigenvalue weighted by atomic mass is 10.2. The second-order valence-electron chi connectivity index (χ2n) is 4.46. The Balaban J connectivity index is 2.69. The number of thioether (sulfide) groups is 1. The predicted molar refractivity (Wildman–Crippen MR) is 82.0 cm³/mol. The van der Waals surface area contributed by atoms with Crippen molar-refractivity contribution in [1.29, 1.82) is 0 Å². The molecule has 0 fully saturated rings. The summed E-state index contributed by atoms with van der Waals surface area (Å²) in [4.78, 5) is 8.87. The lowest BCUT2D eigenvalue weighted by molar-refractivity contribution is 0.282. The largest absolute Gasteiger partial charge is 0.396 e. The number of nitrogens with one attached hydrogen (secondary N) is 2. The van der Waals surface area contributed by atoms with E-state index < -0.39 is 0 Å². The van der Waals surface area contributed by atoms with Crippen molar-refractivity contribution in [2.75, 3.05) is 30.0 Å². The van der Waals surface area contributed by atoms with Crippen LogP contribution in [0.5, 0.6) is 0 Å². The molecule has 1 unspecified atom stereocenters. The van der Waals surface area contributed by atoms with E-state index in [2.05, 4.69) is 34.4 Å². The third-order valence-electron chi connectivity index (χ3n) is 2.63. The summed E-state index contributed by atoms with van der Waals surface area (Å²) < 4.78 is 0. The van der Waals surface area contributed by atoms with E-state index in [-0.39, 0.29) is 12.6 Å².